The number of likely N-dealkylation sites (tertiary alicyclic amines) is 1. The topological polar surface area (TPSA) is 32.3 Å². The fourth-order valence-corrected chi connectivity index (χ4v) is 4.38. The Balaban J connectivity index is 1.47. The van der Waals surface area contributed by atoms with Crippen molar-refractivity contribution in [1.82, 2.24) is 10.2 Å². The highest BCUT2D eigenvalue weighted by Gasteiger charge is 2.32. The maximum absolute atomic E-state index is 12.5. The molecule has 0 bridgehead atoms. The maximum atomic E-state index is 12.5. The molecule has 3 aliphatic rings. The molecule has 0 radical (unpaired) electrons. The molecule has 0 aromatic rings. The van der Waals surface area contributed by atoms with E-state index in [-0.39, 0.29) is 0 Å². The number of fused-ring (bicyclic) bond motifs is 1. The van der Waals surface area contributed by atoms with Gasteiger partial charge in [-0.25, -0.2) is 0 Å². The molecule has 0 unspecified atom stereocenters. The van der Waals surface area contributed by atoms with E-state index in [1.54, 1.807) is 0 Å². The van der Waals surface area contributed by atoms with Gasteiger partial charge >= 0.3 is 0 Å². The molecule has 2 aliphatic heterocycles. The number of hydrogen-bond donors (Lipinski definition) is 1. The standard InChI is InChI=1S/C17H30N2O/c1-13-2-4-14(5-3-13)10-17(20)19-8-6-15-11-18-12-16(15)7-9-19/h13-16,18H,2-12H2,1H3/t13?,14?,15-,16+. The number of nitrogens with zero attached hydrogens (tertiary/aromatic N) is 1. The number of amides is 1. The number of nitrogens with one attached hydrogen (secondary N) is 1. The molecular formula is C17H30N2O. The fourth-order valence-electron chi connectivity index (χ4n) is 4.38. The first-order chi connectivity index (χ1) is 9.72. The SMILES string of the molecule is CC1CCC(CC(=O)N2CC[C@@H]3CNC[C@@H]3CC2)CC1. The Morgan fingerprint density at radius 2 is 1.60 bits per heavy atom. The number of carbonyl (C=O) groups is 1. The Hall–Kier alpha value is -0.570. The molecule has 0 spiro atoms. The highest BCUT2D eigenvalue weighted by atomic mass is 16.2. The average Bonchev–Trinajstić information content (AvgIpc) is 2.80. The summed E-state index contributed by atoms with van der Waals surface area (Å²) in [6, 6.07) is 0. The number of carbonyl (C=O) groups excluding carboxylic acids is 1. The van der Waals surface area contributed by atoms with E-state index < -0.39 is 0 Å². The molecule has 1 saturated carbocycles. The summed E-state index contributed by atoms with van der Waals surface area (Å²) in [5, 5.41) is 3.50. The third-order valence-corrected chi connectivity index (χ3v) is 5.97. The lowest BCUT2D eigenvalue weighted by Crippen LogP contribution is -2.34. The van der Waals surface area contributed by atoms with Gasteiger partial charge in [-0.3, -0.25) is 4.79 Å². The van der Waals surface area contributed by atoms with E-state index in [0.29, 0.717) is 11.8 Å². The van der Waals surface area contributed by atoms with Crippen molar-refractivity contribution in [2.24, 2.45) is 23.7 Å². The van der Waals surface area contributed by atoms with Crippen LogP contribution in [0.3, 0.4) is 0 Å². The van der Waals surface area contributed by atoms with Gasteiger partial charge in [-0.15, -0.1) is 0 Å². The molecule has 114 valence electrons. The van der Waals surface area contributed by atoms with Crippen LogP contribution in [0.1, 0.15) is 51.9 Å². The summed E-state index contributed by atoms with van der Waals surface area (Å²) in [5.74, 6) is 3.64. The first-order valence-electron chi connectivity index (χ1n) is 8.71. The normalized spacial score (nSPS) is 38.4. The van der Waals surface area contributed by atoms with Gasteiger partial charge in [-0.1, -0.05) is 19.8 Å². The second-order valence-electron chi connectivity index (χ2n) is 7.47. The predicted molar refractivity (Wildman–Crippen MR) is 81.4 cm³/mol. The summed E-state index contributed by atoms with van der Waals surface area (Å²) in [4.78, 5) is 14.7. The van der Waals surface area contributed by atoms with Crippen LogP contribution in [0.25, 0.3) is 0 Å². The molecule has 20 heavy (non-hydrogen) atoms. The highest BCUT2D eigenvalue weighted by molar-refractivity contribution is 5.76. The van der Waals surface area contributed by atoms with Gasteiger partial charge in [0.2, 0.25) is 5.91 Å². The van der Waals surface area contributed by atoms with Gasteiger partial charge in [0.1, 0.15) is 0 Å². The van der Waals surface area contributed by atoms with Gasteiger partial charge in [0, 0.05) is 19.5 Å². The predicted octanol–water partition coefficient (Wildman–Crippen LogP) is 2.66. The van der Waals surface area contributed by atoms with Crippen molar-refractivity contribution in [1.29, 1.82) is 0 Å². The summed E-state index contributed by atoms with van der Waals surface area (Å²) in [6.07, 6.45) is 8.45. The smallest absolute Gasteiger partial charge is 0.222 e. The van der Waals surface area contributed by atoms with Crippen molar-refractivity contribution in [2.45, 2.75) is 51.9 Å². The average molecular weight is 278 g/mol. The van der Waals surface area contributed by atoms with Crippen LogP contribution >= 0.6 is 0 Å². The summed E-state index contributed by atoms with van der Waals surface area (Å²) in [5.41, 5.74) is 0. The van der Waals surface area contributed by atoms with Crippen LogP contribution in [0.2, 0.25) is 0 Å². The first-order valence-corrected chi connectivity index (χ1v) is 8.71. The van der Waals surface area contributed by atoms with Gasteiger partial charge in [0.05, 0.1) is 0 Å². The Morgan fingerprint density at radius 3 is 2.20 bits per heavy atom. The van der Waals surface area contributed by atoms with Crippen LogP contribution in [0.15, 0.2) is 0 Å². The van der Waals surface area contributed by atoms with E-state index in [2.05, 4.69) is 17.1 Å². The molecule has 3 rings (SSSR count). The Bertz CT molecular complexity index is 322. The molecule has 2 saturated heterocycles. The summed E-state index contributed by atoms with van der Waals surface area (Å²) >= 11 is 0. The molecule has 0 aromatic heterocycles. The van der Waals surface area contributed by atoms with Crippen molar-refractivity contribution in [3.05, 3.63) is 0 Å². The van der Waals surface area contributed by atoms with Crippen LogP contribution in [0.4, 0.5) is 0 Å². The molecule has 3 fully saturated rings. The molecule has 3 nitrogen and oxygen atoms in total. The Kier molecular flexibility index (Phi) is 4.65. The molecule has 2 heterocycles. The van der Waals surface area contributed by atoms with Crippen LogP contribution < -0.4 is 5.32 Å². The zero-order valence-electron chi connectivity index (χ0n) is 12.9. The van der Waals surface area contributed by atoms with Crippen molar-refractivity contribution in [3.8, 4) is 0 Å². The molecule has 0 aromatic carbocycles. The van der Waals surface area contributed by atoms with Crippen LogP contribution in [0, 0.1) is 23.7 Å². The second kappa shape index (κ2) is 6.46. The van der Waals surface area contributed by atoms with E-state index >= 15 is 0 Å². The lowest BCUT2D eigenvalue weighted by molar-refractivity contribution is -0.132. The van der Waals surface area contributed by atoms with Crippen LogP contribution in [0.5, 0.6) is 0 Å². The number of hydrogen-bond acceptors (Lipinski definition) is 2. The summed E-state index contributed by atoms with van der Waals surface area (Å²) < 4.78 is 0. The fraction of sp³-hybridized carbons (Fsp3) is 0.941. The van der Waals surface area contributed by atoms with Gasteiger partial charge in [-0.05, 0) is 62.4 Å². The Morgan fingerprint density at radius 1 is 1.00 bits per heavy atom. The lowest BCUT2D eigenvalue weighted by atomic mass is 9.81. The van der Waals surface area contributed by atoms with Crippen LogP contribution in [-0.2, 0) is 4.79 Å². The third-order valence-electron chi connectivity index (χ3n) is 5.97. The Labute approximate surface area is 123 Å². The quantitative estimate of drug-likeness (QED) is 0.842. The van der Waals surface area contributed by atoms with Crippen molar-refractivity contribution < 1.29 is 4.79 Å². The van der Waals surface area contributed by atoms with Gasteiger partial charge in [0.25, 0.3) is 0 Å². The van der Waals surface area contributed by atoms with E-state index in [4.69, 9.17) is 0 Å². The molecular weight excluding hydrogens is 248 g/mol. The molecule has 1 amide bonds. The van der Waals surface area contributed by atoms with Crippen molar-refractivity contribution in [2.75, 3.05) is 26.2 Å². The second-order valence-corrected chi connectivity index (χ2v) is 7.47. The van der Waals surface area contributed by atoms with E-state index in [9.17, 15) is 4.79 Å². The minimum Gasteiger partial charge on any atom is -0.343 e. The summed E-state index contributed by atoms with van der Waals surface area (Å²) in [7, 11) is 0. The zero-order valence-corrected chi connectivity index (χ0v) is 12.9. The number of rotatable bonds is 2. The lowest BCUT2D eigenvalue weighted by Gasteiger charge is -2.28. The largest absolute Gasteiger partial charge is 0.343 e. The van der Waals surface area contributed by atoms with E-state index in [1.165, 1.54) is 51.6 Å². The highest BCUT2D eigenvalue weighted by Crippen LogP contribution is 2.32. The minimum absolute atomic E-state index is 0.442. The minimum atomic E-state index is 0.442. The van der Waals surface area contributed by atoms with Crippen LogP contribution in [-0.4, -0.2) is 37.0 Å². The zero-order chi connectivity index (χ0) is 13.9. The molecule has 2 atom stereocenters. The van der Waals surface area contributed by atoms with E-state index in [0.717, 1.165) is 37.3 Å². The molecule has 1 aliphatic carbocycles. The van der Waals surface area contributed by atoms with Gasteiger partial charge < -0.3 is 10.2 Å². The molecule has 3 heteroatoms. The maximum Gasteiger partial charge on any atom is 0.222 e. The third kappa shape index (κ3) is 3.36. The van der Waals surface area contributed by atoms with Gasteiger partial charge in [0.15, 0.2) is 0 Å². The molecule has 1 N–H and O–H groups in total. The van der Waals surface area contributed by atoms with E-state index in [1.807, 2.05) is 0 Å². The van der Waals surface area contributed by atoms with Gasteiger partial charge in [-0.2, -0.15) is 0 Å². The summed E-state index contributed by atoms with van der Waals surface area (Å²) in [6.45, 7) is 6.70. The monoisotopic (exact) mass is 278 g/mol. The first kappa shape index (κ1) is 14.4. The van der Waals surface area contributed by atoms with Crippen molar-refractivity contribution >= 4 is 5.91 Å². The van der Waals surface area contributed by atoms with Crippen molar-refractivity contribution in [3.63, 3.8) is 0 Å².